The first-order chi connectivity index (χ1) is 8.27. The Bertz CT molecular complexity index is 386. The molecule has 2 heterocycles. The molecule has 0 saturated carbocycles. The molecule has 1 aliphatic heterocycles. The first kappa shape index (κ1) is 11.8. The molecule has 92 valence electrons. The molecule has 1 aromatic heterocycles. The minimum absolute atomic E-state index is 0.0494. The second-order valence-electron chi connectivity index (χ2n) is 4.39. The van der Waals surface area contributed by atoms with E-state index < -0.39 is 0 Å². The number of carbonyl (C=O) groups excluding carboxylic acids is 1. The molecule has 0 unspecified atom stereocenters. The van der Waals surface area contributed by atoms with Gasteiger partial charge >= 0.3 is 0 Å². The number of nitrogen functional groups attached to an aromatic ring is 1. The standard InChI is InChI=1S/C12H18N4O/c13-11-9-14-8-10(15-11)12(17)16-6-4-2-1-3-5-7-16/h8-9H,1-7H2,(H2,13,15). The minimum Gasteiger partial charge on any atom is -0.382 e. The first-order valence-corrected chi connectivity index (χ1v) is 6.14. The third kappa shape index (κ3) is 3.15. The number of aromatic nitrogens is 2. The van der Waals surface area contributed by atoms with Crippen molar-refractivity contribution in [3.05, 3.63) is 18.1 Å². The molecule has 0 aromatic carbocycles. The molecule has 2 rings (SSSR count). The van der Waals surface area contributed by atoms with Gasteiger partial charge in [0.25, 0.3) is 5.91 Å². The van der Waals surface area contributed by atoms with Gasteiger partial charge in [-0.2, -0.15) is 0 Å². The average molecular weight is 234 g/mol. The zero-order valence-electron chi connectivity index (χ0n) is 9.93. The fourth-order valence-electron chi connectivity index (χ4n) is 2.10. The highest BCUT2D eigenvalue weighted by molar-refractivity contribution is 5.92. The lowest BCUT2D eigenvalue weighted by Crippen LogP contribution is -2.34. The van der Waals surface area contributed by atoms with Crippen LogP contribution in [0, 0.1) is 0 Å². The van der Waals surface area contributed by atoms with E-state index in [0.717, 1.165) is 25.9 Å². The van der Waals surface area contributed by atoms with Crippen LogP contribution in [0.5, 0.6) is 0 Å². The quantitative estimate of drug-likeness (QED) is 0.798. The molecule has 1 amide bonds. The van der Waals surface area contributed by atoms with Gasteiger partial charge in [-0.25, -0.2) is 4.98 Å². The van der Waals surface area contributed by atoms with Gasteiger partial charge in [0.15, 0.2) is 0 Å². The smallest absolute Gasteiger partial charge is 0.274 e. The Balaban J connectivity index is 2.07. The fraction of sp³-hybridized carbons (Fsp3) is 0.583. The minimum atomic E-state index is -0.0494. The Kier molecular flexibility index (Phi) is 3.90. The molecule has 5 heteroatoms. The van der Waals surface area contributed by atoms with Crippen molar-refractivity contribution < 1.29 is 4.79 Å². The summed E-state index contributed by atoms with van der Waals surface area (Å²) in [5.74, 6) is 0.245. The summed E-state index contributed by atoms with van der Waals surface area (Å²) in [6.07, 6.45) is 8.75. The Morgan fingerprint density at radius 3 is 2.41 bits per heavy atom. The Labute approximate surface area is 101 Å². The summed E-state index contributed by atoms with van der Waals surface area (Å²) in [4.78, 5) is 22.0. The van der Waals surface area contributed by atoms with Crippen LogP contribution < -0.4 is 5.73 Å². The normalized spacial score (nSPS) is 17.3. The fourth-order valence-corrected chi connectivity index (χ4v) is 2.10. The summed E-state index contributed by atoms with van der Waals surface area (Å²) < 4.78 is 0. The summed E-state index contributed by atoms with van der Waals surface area (Å²) in [5, 5.41) is 0. The van der Waals surface area contributed by atoms with Gasteiger partial charge in [0.2, 0.25) is 0 Å². The number of hydrogen-bond acceptors (Lipinski definition) is 4. The van der Waals surface area contributed by atoms with Crippen LogP contribution >= 0.6 is 0 Å². The topological polar surface area (TPSA) is 72.1 Å². The maximum absolute atomic E-state index is 12.2. The number of nitrogens with zero attached hydrogens (tertiary/aromatic N) is 3. The highest BCUT2D eigenvalue weighted by Gasteiger charge is 2.18. The number of likely N-dealkylation sites (tertiary alicyclic amines) is 1. The molecule has 1 aliphatic rings. The highest BCUT2D eigenvalue weighted by Crippen LogP contribution is 2.12. The Hall–Kier alpha value is -1.65. The lowest BCUT2D eigenvalue weighted by atomic mass is 10.1. The van der Waals surface area contributed by atoms with E-state index in [9.17, 15) is 4.79 Å². The van der Waals surface area contributed by atoms with Crippen molar-refractivity contribution in [1.82, 2.24) is 14.9 Å². The molecule has 2 N–H and O–H groups in total. The first-order valence-electron chi connectivity index (χ1n) is 6.14. The van der Waals surface area contributed by atoms with Gasteiger partial charge in [0.05, 0.1) is 12.4 Å². The molecule has 17 heavy (non-hydrogen) atoms. The number of hydrogen-bond donors (Lipinski definition) is 1. The van der Waals surface area contributed by atoms with Crippen LogP contribution in [0.2, 0.25) is 0 Å². The van der Waals surface area contributed by atoms with E-state index in [4.69, 9.17) is 5.73 Å². The van der Waals surface area contributed by atoms with Crippen LogP contribution in [0.15, 0.2) is 12.4 Å². The summed E-state index contributed by atoms with van der Waals surface area (Å²) in [6.45, 7) is 1.63. The van der Waals surface area contributed by atoms with Gasteiger partial charge in [-0.15, -0.1) is 0 Å². The number of anilines is 1. The third-order valence-electron chi connectivity index (χ3n) is 3.02. The summed E-state index contributed by atoms with van der Waals surface area (Å²) in [7, 11) is 0. The van der Waals surface area contributed by atoms with Crippen molar-refractivity contribution in [2.45, 2.75) is 32.1 Å². The molecule has 0 bridgehead atoms. The predicted octanol–water partition coefficient (Wildman–Crippen LogP) is 1.47. The molecule has 1 saturated heterocycles. The number of nitrogens with two attached hydrogens (primary N) is 1. The van der Waals surface area contributed by atoms with E-state index >= 15 is 0 Å². The average Bonchev–Trinajstić information content (AvgIpc) is 2.28. The second-order valence-corrected chi connectivity index (χ2v) is 4.39. The van der Waals surface area contributed by atoms with E-state index in [1.807, 2.05) is 4.90 Å². The van der Waals surface area contributed by atoms with E-state index in [0.29, 0.717) is 11.5 Å². The molecular weight excluding hydrogens is 216 g/mol. The van der Waals surface area contributed by atoms with Crippen molar-refractivity contribution in [3.63, 3.8) is 0 Å². The molecule has 5 nitrogen and oxygen atoms in total. The van der Waals surface area contributed by atoms with E-state index in [2.05, 4.69) is 9.97 Å². The van der Waals surface area contributed by atoms with Gasteiger partial charge in [-0.1, -0.05) is 19.3 Å². The van der Waals surface area contributed by atoms with E-state index in [-0.39, 0.29) is 5.91 Å². The van der Waals surface area contributed by atoms with Crippen LogP contribution in [0.1, 0.15) is 42.6 Å². The number of amides is 1. The maximum Gasteiger partial charge on any atom is 0.274 e. The van der Waals surface area contributed by atoms with Crippen molar-refractivity contribution in [2.75, 3.05) is 18.8 Å². The summed E-state index contributed by atoms with van der Waals surface area (Å²) >= 11 is 0. The second kappa shape index (κ2) is 5.61. The molecule has 0 aliphatic carbocycles. The molecular formula is C12H18N4O. The molecule has 1 aromatic rings. The maximum atomic E-state index is 12.2. The van der Waals surface area contributed by atoms with Crippen LogP contribution in [-0.4, -0.2) is 33.9 Å². The Morgan fingerprint density at radius 2 is 1.76 bits per heavy atom. The predicted molar refractivity (Wildman–Crippen MR) is 65.4 cm³/mol. The van der Waals surface area contributed by atoms with Crippen molar-refractivity contribution >= 4 is 11.7 Å². The number of rotatable bonds is 1. The lowest BCUT2D eigenvalue weighted by Gasteiger charge is -2.24. The monoisotopic (exact) mass is 234 g/mol. The number of carbonyl (C=O) groups is 1. The van der Waals surface area contributed by atoms with E-state index in [1.54, 1.807) is 0 Å². The zero-order chi connectivity index (χ0) is 12.1. The van der Waals surface area contributed by atoms with Crippen molar-refractivity contribution in [3.8, 4) is 0 Å². The van der Waals surface area contributed by atoms with E-state index in [1.165, 1.54) is 31.7 Å². The van der Waals surface area contributed by atoms with Crippen LogP contribution in [0.4, 0.5) is 5.82 Å². The van der Waals surface area contributed by atoms with Gasteiger partial charge in [0.1, 0.15) is 11.5 Å². The largest absolute Gasteiger partial charge is 0.382 e. The van der Waals surface area contributed by atoms with Crippen LogP contribution in [-0.2, 0) is 0 Å². The third-order valence-corrected chi connectivity index (χ3v) is 3.02. The molecule has 0 spiro atoms. The SMILES string of the molecule is Nc1cncc(C(=O)N2CCCCCCC2)n1. The van der Waals surface area contributed by atoms with Gasteiger partial charge < -0.3 is 10.6 Å². The van der Waals surface area contributed by atoms with Crippen LogP contribution in [0.3, 0.4) is 0 Å². The van der Waals surface area contributed by atoms with Gasteiger partial charge in [-0.3, -0.25) is 9.78 Å². The molecule has 0 radical (unpaired) electrons. The van der Waals surface area contributed by atoms with Gasteiger partial charge in [0, 0.05) is 13.1 Å². The van der Waals surface area contributed by atoms with Gasteiger partial charge in [-0.05, 0) is 12.8 Å². The Morgan fingerprint density at radius 1 is 1.12 bits per heavy atom. The summed E-state index contributed by atoms with van der Waals surface area (Å²) in [6, 6.07) is 0. The van der Waals surface area contributed by atoms with Crippen molar-refractivity contribution in [2.24, 2.45) is 0 Å². The molecule has 1 fully saturated rings. The zero-order valence-corrected chi connectivity index (χ0v) is 9.93. The highest BCUT2D eigenvalue weighted by atomic mass is 16.2. The molecule has 0 atom stereocenters. The van der Waals surface area contributed by atoms with Crippen LogP contribution in [0.25, 0.3) is 0 Å². The lowest BCUT2D eigenvalue weighted by molar-refractivity contribution is 0.0736. The van der Waals surface area contributed by atoms with Crippen molar-refractivity contribution in [1.29, 1.82) is 0 Å². The summed E-state index contributed by atoms with van der Waals surface area (Å²) in [5.41, 5.74) is 5.89.